The van der Waals surface area contributed by atoms with E-state index in [4.69, 9.17) is 9.47 Å². The SMILES string of the molecule is COC(=O)[C@@H](CC1CCCCC1)NCC(=O)OC(C)(C)C. The normalized spacial score (nSPS) is 18.1. The van der Waals surface area contributed by atoms with Crippen LogP contribution in [0, 0.1) is 5.92 Å². The van der Waals surface area contributed by atoms with Crippen LogP contribution < -0.4 is 5.32 Å². The molecule has 1 fully saturated rings. The van der Waals surface area contributed by atoms with E-state index in [1.165, 1.54) is 26.4 Å². The molecule has 0 aromatic heterocycles. The molecule has 0 saturated heterocycles. The Kier molecular flexibility index (Phi) is 7.15. The number of nitrogens with one attached hydrogen (secondary N) is 1. The van der Waals surface area contributed by atoms with Gasteiger partial charge < -0.3 is 9.47 Å². The van der Waals surface area contributed by atoms with Gasteiger partial charge in [-0.2, -0.15) is 0 Å². The minimum absolute atomic E-state index is 0.0315. The zero-order chi connectivity index (χ0) is 15.9. The van der Waals surface area contributed by atoms with Crippen LogP contribution in [-0.4, -0.2) is 37.2 Å². The molecule has 0 aromatic rings. The number of carbonyl (C=O) groups excluding carboxylic acids is 2. The lowest BCUT2D eigenvalue weighted by atomic mass is 9.85. The lowest BCUT2D eigenvalue weighted by molar-refractivity contribution is -0.154. The fraction of sp³-hybridized carbons (Fsp3) is 0.875. The van der Waals surface area contributed by atoms with Crippen LogP contribution in [0.15, 0.2) is 0 Å². The van der Waals surface area contributed by atoms with Gasteiger partial charge in [0, 0.05) is 0 Å². The van der Waals surface area contributed by atoms with Crippen molar-refractivity contribution in [1.82, 2.24) is 5.32 Å². The monoisotopic (exact) mass is 299 g/mol. The summed E-state index contributed by atoms with van der Waals surface area (Å²) in [6.07, 6.45) is 6.78. The minimum Gasteiger partial charge on any atom is -0.468 e. The van der Waals surface area contributed by atoms with E-state index >= 15 is 0 Å². The predicted octanol–water partition coefficient (Wildman–Crippen LogP) is 2.43. The Morgan fingerprint density at radius 3 is 2.33 bits per heavy atom. The maximum absolute atomic E-state index is 11.8. The molecule has 0 radical (unpaired) electrons. The molecule has 0 bridgehead atoms. The summed E-state index contributed by atoms with van der Waals surface area (Å²) in [5.74, 6) is -0.113. The van der Waals surface area contributed by atoms with Crippen LogP contribution in [0.3, 0.4) is 0 Å². The van der Waals surface area contributed by atoms with E-state index in [0.717, 1.165) is 19.3 Å². The second kappa shape index (κ2) is 8.37. The molecule has 1 atom stereocenters. The Bertz CT molecular complexity index is 343. The number of carbonyl (C=O) groups is 2. The first kappa shape index (κ1) is 18.0. The van der Waals surface area contributed by atoms with Crippen molar-refractivity contribution < 1.29 is 19.1 Å². The third-order valence-electron chi connectivity index (χ3n) is 3.69. The molecule has 1 aliphatic carbocycles. The third-order valence-corrected chi connectivity index (χ3v) is 3.69. The average Bonchev–Trinajstić information content (AvgIpc) is 2.41. The summed E-state index contributed by atoms with van der Waals surface area (Å²) in [5, 5.41) is 2.99. The summed E-state index contributed by atoms with van der Waals surface area (Å²) in [6, 6.07) is -0.425. The highest BCUT2D eigenvalue weighted by molar-refractivity contribution is 5.77. The van der Waals surface area contributed by atoms with Crippen molar-refractivity contribution in [3.8, 4) is 0 Å². The van der Waals surface area contributed by atoms with Gasteiger partial charge in [0.15, 0.2) is 0 Å². The van der Waals surface area contributed by atoms with Crippen LogP contribution >= 0.6 is 0 Å². The minimum atomic E-state index is -0.511. The molecule has 0 heterocycles. The maximum atomic E-state index is 11.8. The van der Waals surface area contributed by atoms with Gasteiger partial charge in [0.25, 0.3) is 0 Å². The molecule has 1 rings (SSSR count). The zero-order valence-electron chi connectivity index (χ0n) is 13.7. The van der Waals surface area contributed by atoms with Crippen molar-refractivity contribution in [3.63, 3.8) is 0 Å². The molecule has 0 amide bonds. The average molecular weight is 299 g/mol. The van der Waals surface area contributed by atoms with Crippen molar-refractivity contribution in [3.05, 3.63) is 0 Å². The van der Waals surface area contributed by atoms with Gasteiger partial charge in [-0.15, -0.1) is 0 Å². The summed E-state index contributed by atoms with van der Waals surface area (Å²) >= 11 is 0. The molecule has 1 N–H and O–H groups in total. The molecule has 122 valence electrons. The second-order valence-electron chi connectivity index (χ2n) is 6.78. The van der Waals surface area contributed by atoms with Gasteiger partial charge in [0.2, 0.25) is 0 Å². The van der Waals surface area contributed by atoms with Crippen LogP contribution in [-0.2, 0) is 19.1 Å². The van der Waals surface area contributed by atoms with E-state index in [0.29, 0.717) is 5.92 Å². The smallest absolute Gasteiger partial charge is 0.322 e. The number of hydrogen-bond donors (Lipinski definition) is 1. The lowest BCUT2D eigenvalue weighted by Gasteiger charge is -2.26. The number of methoxy groups -OCH3 is 1. The first-order valence-corrected chi connectivity index (χ1v) is 7.85. The van der Waals surface area contributed by atoms with Gasteiger partial charge in [-0.1, -0.05) is 32.1 Å². The number of hydrogen-bond acceptors (Lipinski definition) is 5. The van der Waals surface area contributed by atoms with Crippen LogP contribution in [0.2, 0.25) is 0 Å². The summed E-state index contributed by atoms with van der Waals surface area (Å²) < 4.78 is 10.1. The summed E-state index contributed by atoms with van der Waals surface area (Å²) in [5.41, 5.74) is -0.511. The number of rotatable bonds is 6. The molecule has 5 nitrogen and oxygen atoms in total. The van der Waals surface area contributed by atoms with E-state index < -0.39 is 11.6 Å². The van der Waals surface area contributed by atoms with Gasteiger partial charge in [0.05, 0.1) is 13.7 Å². The van der Waals surface area contributed by atoms with Crippen molar-refractivity contribution in [2.24, 2.45) is 5.92 Å². The van der Waals surface area contributed by atoms with Crippen molar-refractivity contribution >= 4 is 11.9 Å². The molecule has 5 heteroatoms. The molecular weight excluding hydrogens is 270 g/mol. The molecule has 1 saturated carbocycles. The molecule has 1 aliphatic rings. The van der Waals surface area contributed by atoms with Gasteiger partial charge in [0.1, 0.15) is 11.6 Å². The van der Waals surface area contributed by atoms with Crippen molar-refractivity contribution in [1.29, 1.82) is 0 Å². The Balaban J connectivity index is 2.46. The van der Waals surface area contributed by atoms with Gasteiger partial charge in [-0.25, -0.2) is 0 Å². The van der Waals surface area contributed by atoms with Crippen LogP contribution in [0.25, 0.3) is 0 Å². The first-order valence-electron chi connectivity index (χ1n) is 7.85. The van der Waals surface area contributed by atoms with Gasteiger partial charge in [-0.3, -0.25) is 14.9 Å². The topological polar surface area (TPSA) is 64.6 Å². The van der Waals surface area contributed by atoms with Crippen LogP contribution in [0.5, 0.6) is 0 Å². The quantitative estimate of drug-likeness (QED) is 0.763. The highest BCUT2D eigenvalue weighted by atomic mass is 16.6. The molecule has 0 unspecified atom stereocenters. The van der Waals surface area contributed by atoms with E-state index in [1.54, 1.807) is 0 Å². The molecule has 21 heavy (non-hydrogen) atoms. The molecule has 0 spiro atoms. The van der Waals surface area contributed by atoms with Crippen LogP contribution in [0.4, 0.5) is 0 Å². The Morgan fingerprint density at radius 2 is 1.81 bits per heavy atom. The fourth-order valence-corrected chi connectivity index (χ4v) is 2.75. The lowest BCUT2D eigenvalue weighted by Crippen LogP contribution is -2.43. The Hall–Kier alpha value is -1.10. The predicted molar refractivity (Wildman–Crippen MR) is 80.8 cm³/mol. The Labute approximate surface area is 127 Å². The van der Waals surface area contributed by atoms with E-state index in [-0.39, 0.29) is 18.5 Å². The summed E-state index contributed by atoms with van der Waals surface area (Å²) in [4.78, 5) is 23.6. The maximum Gasteiger partial charge on any atom is 0.322 e. The van der Waals surface area contributed by atoms with Crippen LogP contribution in [0.1, 0.15) is 59.3 Å². The molecule has 0 aliphatic heterocycles. The standard InChI is InChI=1S/C16H29NO4/c1-16(2,3)21-14(18)11-17-13(15(19)20-4)10-12-8-6-5-7-9-12/h12-13,17H,5-11H2,1-4H3/t13-/m1/s1. The van der Waals surface area contributed by atoms with Crippen molar-refractivity contribution in [2.75, 3.05) is 13.7 Å². The van der Waals surface area contributed by atoms with E-state index in [1.807, 2.05) is 20.8 Å². The fourth-order valence-electron chi connectivity index (χ4n) is 2.75. The Morgan fingerprint density at radius 1 is 1.19 bits per heavy atom. The number of ether oxygens (including phenoxy) is 2. The van der Waals surface area contributed by atoms with E-state index in [9.17, 15) is 9.59 Å². The van der Waals surface area contributed by atoms with Crippen molar-refractivity contribution in [2.45, 2.75) is 70.9 Å². The highest BCUT2D eigenvalue weighted by Gasteiger charge is 2.26. The summed E-state index contributed by atoms with van der Waals surface area (Å²) in [7, 11) is 1.38. The van der Waals surface area contributed by atoms with Gasteiger partial charge in [-0.05, 0) is 33.1 Å². The molecular formula is C16H29NO4. The zero-order valence-corrected chi connectivity index (χ0v) is 13.7. The molecule has 0 aromatic carbocycles. The first-order chi connectivity index (χ1) is 9.81. The second-order valence-corrected chi connectivity index (χ2v) is 6.78. The van der Waals surface area contributed by atoms with Gasteiger partial charge >= 0.3 is 11.9 Å². The number of esters is 2. The summed E-state index contributed by atoms with van der Waals surface area (Å²) in [6.45, 7) is 5.50. The highest BCUT2D eigenvalue weighted by Crippen LogP contribution is 2.27. The third kappa shape index (κ3) is 7.46. The van der Waals surface area contributed by atoms with E-state index in [2.05, 4.69) is 5.32 Å². The largest absolute Gasteiger partial charge is 0.468 e.